The number of allylic oxidation sites excluding steroid dienone is 2. The van der Waals surface area contributed by atoms with E-state index in [9.17, 15) is 0 Å². The molecule has 0 aromatic heterocycles. The Hall–Kier alpha value is -0.560. The van der Waals surface area contributed by atoms with Crippen LogP contribution in [-0.2, 0) is 0 Å². The molecule has 0 aliphatic carbocycles. The van der Waals surface area contributed by atoms with Crippen LogP contribution in [0.2, 0.25) is 0 Å². The molecular weight excluding hydrogens is 218 g/mol. The molecule has 1 heteroatoms. The first kappa shape index (κ1) is 17.4. The zero-order valence-electron chi connectivity index (χ0n) is 13.4. The van der Waals surface area contributed by atoms with Crippen molar-refractivity contribution in [2.24, 2.45) is 17.3 Å². The van der Waals surface area contributed by atoms with E-state index >= 15 is 0 Å². The largest absolute Gasteiger partial charge is 0.319 e. The highest BCUT2D eigenvalue weighted by atomic mass is 14.8. The van der Waals surface area contributed by atoms with Crippen molar-refractivity contribution in [3.05, 3.63) is 24.3 Å². The van der Waals surface area contributed by atoms with Crippen molar-refractivity contribution in [3.63, 3.8) is 0 Å². The summed E-state index contributed by atoms with van der Waals surface area (Å²) in [5.74, 6) is 1.21. The van der Waals surface area contributed by atoms with Gasteiger partial charge in [0.15, 0.2) is 0 Å². The van der Waals surface area contributed by atoms with E-state index in [1.807, 2.05) is 7.05 Å². The molecule has 0 spiro atoms. The minimum Gasteiger partial charge on any atom is -0.319 e. The van der Waals surface area contributed by atoms with Crippen molar-refractivity contribution in [1.82, 2.24) is 5.32 Å². The lowest BCUT2D eigenvalue weighted by molar-refractivity contribution is 0.256. The summed E-state index contributed by atoms with van der Waals surface area (Å²) in [5.41, 5.74) is 2.81. The summed E-state index contributed by atoms with van der Waals surface area (Å²) >= 11 is 0. The predicted molar refractivity (Wildman–Crippen MR) is 83.8 cm³/mol. The molecule has 0 rings (SSSR count). The second kappa shape index (κ2) is 7.78. The van der Waals surface area contributed by atoms with Crippen LogP contribution >= 0.6 is 0 Å². The van der Waals surface area contributed by atoms with Crippen molar-refractivity contribution in [2.45, 2.75) is 53.9 Å². The molecule has 0 saturated heterocycles. The van der Waals surface area contributed by atoms with Crippen LogP contribution in [0.1, 0.15) is 53.9 Å². The molecule has 0 saturated carbocycles. The normalized spacial score (nSPS) is 15.2. The topological polar surface area (TPSA) is 12.0 Å². The van der Waals surface area contributed by atoms with Gasteiger partial charge in [-0.15, -0.1) is 0 Å². The molecule has 0 bridgehead atoms. The van der Waals surface area contributed by atoms with Gasteiger partial charge in [-0.05, 0) is 49.3 Å². The van der Waals surface area contributed by atoms with Crippen LogP contribution < -0.4 is 5.32 Å². The third kappa shape index (κ3) is 5.39. The van der Waals surface area contributed by atoms with E-state index in [1.54, 1.807) is 0 Å². The van der Waals surface area contributed by atoms with E-state index < -0.39 is 0 Å². The fourth-order valence-corrected chi connectivity index (χ4v) is 2.12. The van der Waals surface area contributed by atoms with Gasteiger partial charge in [0.05, 0.1) is 0 Å². The first-order chi connectivity index (χ1) is 8.26. The average molecular weight is 251 g/mol. The Bertz CT molecular complexity index is 275. The lowest BCUT2D eigenvalue weighted by atomic mass is 9.72. The molecule has 0 aliphatic heterocycles. The highest BCUT2D eigenvalue weighted by Gasteiger charge is 2.26. The molecule has 106 valence electrons. The van der Waals surface area contributed by atoms with Crippen LogP contribution in [0.15, 0.2) is 24.3 Å². The fraction of sp³-hybridized carbons (Fsp3) is 0.765. The first-order valence-electron chi connectivity index (χ1n) is 7.27. The maximum Gasteiger partial charge on any atom is -0.00260 e. The lowest BCUT2D eigenvalue weighted by Crippen LogP contribution is -2.23. The summed E-state index contributed by atoms with van der Waals surface area (Å²) in [4.78, 5) is 0. The minimum absolute atomic E-state index is 0.316. The molecule has 0 fully saturated rings. The van der Waals surface area contributed by atoms with Crippen molar-refractivity contribution in [2.75, 3.05) is 13.6 Å². The van der Waals surface area contributed by atoms with E-state index in [1.165, 1.54) is 24.0 Å². The molecule has 0 aromatic rings. The van der Waals surface area contributed by atoms with Gasteiger partial charge in [0, 0.05) is 0 Å². The van der Waals surface area contributed by atoms with Gasteiger partial charge < -0.3 is 5.32 Å². The number of rotatable bonds is 9. The Morgan fingerprint density at radius 2 is 1.78 bits per heavy atom. The number of nitrogens with one attached hydrogen (secondary N) is 1. The molecule has 2 unspecified atom stereocenters. The van der Waals surface area contributed by atoms with Crippen LogP contribution in [0.3, 0.4) is 0 Å². The molecule has 0 amide bonds. The molecule has 1 nitrogen and oxygen atoms in total. The zero-order chi connectivity index (χ0) is 14.3. The summed E-state index contributed by atoms with van der Waals surface area (Å²) < 4.78 is 0. The van der Waals surface area contributed by atoms with Crippen molar-refractivity contribution in [3.8, 4) is 0 Å². The molecule has 18 heavy (non-hydrogen) atoms. The van der Waals surface area contributed by atoms with Crippen molar-refractivity contribution in [1.29, 1.82) is 0 Å². The van der Waals surface area contributed by atoms with Crippen molar-refractivity contribution >= 4 is 0 Å². The van der Waals surface area contributed by atoms with E-state index in [0.717, 1.165) is 13.0 Å². The summed E-state index contributed by atoms with van der Waals surface area (Å²) in [6.45, 7) is 21.1. The highest BCUT2D eigenvalue weighted by molar-refractivity contribution is 5.28. The number of hydrogen-bond acceptors (Lipinski definition) is 1. The quantitative estimate of drug-likeness (QED) is 0.580. The van der Waals surface area contributed by atoms with Crippen LogP contribution in [-0.4, -0.2) is 13.6 Å². The van der Waals surface area contributed by atoms with Crippen LogP contribution in [0.5, 0.6) is 0 Å². The molecule has 1 N–H and O–H groups in total. The van der Waals surface area contributed by atoms with Gasteiger partial charge in [-0.3, -0.25) is 0 Å². The van der Waals surface area contributed by atoms with Crippen molar-refractivity contribution < 1.29 is 0 Å². The minimum atomic E-state index is 0.316. The van der Waals surface area contributed by atoms with Gasteiger partial charge in [0.2, 0.25) is 0 Å². The standard InChI is InChI=1S/C17H33N/c1-9-17(6,7)16(5)15(4)14(3)11-10-13(2)12-18-8/h13,16,18H,3-4,9-12H2,1-2,5-8H3. The highest BCUT2D eigenvalue weighted by Crippen LogP contribution is 2.37. The third-order valence-corrected chi connectivity index (χ3v) is 4.55. The van der Waals surface area contributed by atoms with E-state index in [4.69, 9.17) is 0 Å². The summed E-state index contributed by atoms with van der Waals surface area (Å²) in [7, 11) is 2.01. The molecule has 0 aromatic carbocycles. The van der Waals surface area contributed by atoms with Crippen LogP contribution in [0.25, 0.3) is 0 Å². The molecule has 0 radical (unpaired) electrons. The first-order valence-corrected chi connectivity index (χ1v) is 7.27. The van der Waals surface area contributed by atoms with Gasteiger partial charge in [-0.2, -0.15) is 0 Å². The van der Waals surface area contributed by atoms with Gasteiger partial charge >= 0.3 is 0 Å². The zero-order valence-corrected chi connectivity index (χ0v) is 13.4. The van der Waals surface area contributed by atoms with Gasteiger partial charge in [0.25, 0.3) is 0 Å². The molecule has 2 atom stereocenters. The van der Waals surface area contributed by atoms with E-state index in [0.29, 0.717) is 17.3 Å². The summed E-state index contributed by atoms with van der Waals surface area (Å²) in [5, 5.41) is 3.22. The Morgan fingerprint density at radius 3 is 2.22 bits per heavy atom. The van der Waals surface area contributed by atoms with Crippen LogP contribution in [0.4, 0.5) is 0 Å². The number of hydrogen-bond donors (Lipinski definition) is 1. The van der Waals surface area contributed by atoms with Gasteiger partial charge in [-0.1, -0.05) is 59.8 Å². The lowest BCUT2D eigenvalue weighted by Gasteiger charge is -2.33. The molecule has 0 heterocycles. The smallest absolute Gasteiger partial charge is 0.00260 e. The summed E-state index contributed by atoms with van der Waals surface area (Å²) in [6, 6.07) is 0. The second-order valence-electron chi connectivity index (χ2n) is 6.39. The van der Waals surface area contributed by atoms with E-state index in [-0.39, 0.29) is 0 Å². The fourth-order valence-electron chi connectivity index (χ4n) is 2.12. The Morgan fingerprint density at radius 1 is 1.22 bits per heavy atom. The predicted octanol–water partition coefficient (Wildman–Crippen LogP) is 4.81. The molecule has 0 aliphatic rings. The third-order valence-electron chi connectivity index (χ3n) is 4.55. The Kier molecular flexibility index (Phi) is 7.54. The average Bonchev–Trinajstić information content (AvgIpc) is 2.34. The second-order valence-corrected chi connectivity index (χ2v) is 6.39. The SMILES string of the molecule is C=C(CCC(C)CNC)C(=C)C(C)C(C)(C)CC. The monoisotopic (exact) mass is 251 g/mol. The van der Waals surface area contributed by atoms with Gasteiger partial charge in [0.1, 0.15) is 0 Å². The molecular formula is C17H33N. The maximum atomic E-state index is 4.28. The Labute approximate surface area is 115 Å². The maximum absolute atomic E-state index is 4.28. The van der Waals surface area contributed by atoms with Gasteiger partial charge in [-0.25, -0.2) is 0 Å². The van der Waals surface area contributed by atoms with E-state index in [2.05, 4.69) is 53.1 Å². The van der Waals surface area contributed by atoms with Crippen LogP contribution in [0, 0.1) is 17.3 Å². The summed E-state index contributed by atoms with van der Waals surface area (Å²) in [6.07, 6.45) is 3.44. The Balaban J connectivity index is 4.31.